The standard InChI is InChI=1S/C16H21N5O2S/c1-10-11(2)24-16(18-10)20-14(22)12-8-17-15(19-13(12)9-23-3)21-6-4-5-7-21/h8H,4-7,9H2,1-3H3,(H,18,20,22). The largest absolute Gasteiger partial charge is 0.378 e. The minimum absolute atomic E-state index is 0.260. The number of carbonyl (C=O) groups is 1. The lowest BCUT2D eigenvalue weighted by Crippen LogP contribution is -2.23. The van der Waals surface area contributed by atoms with Crippen LogP contribution < -0.4 is 10.2 Å². The highest BCUT2D eigenvalue weighted by molar-refractivity contribution is 7.15. The van der Waals surface area contributed by atoms with E-state index in [0.717, 1.165) is 36.5 Å². The predicted octanol–water partition coefficient (Wildman–Crippen LogP) is 2.55. The van der Waals surface area contributed by atoms with E-state index < -0.39 is 0 Å². The average molecular weight is 347 g/mol. The zero-order valence-corrected chi connectivity index (χ0v) is 14.9. The molecule has 1 fully saturated rings. The summed E-state index contributed by atoms with van der Waals surface area (Å²) in [5.41, 5.74) is 1.94. The highest BCUT2D eigenvalue weighted by Gasteiger charge is 2.20. The molecule has 3 heterocycles. The molecule has 128 valence electrons. The van der Waals surface area contributed by atoms with Crippen LogP contribution in [0.15, 0.2) is 6.20 Å². The molecule has 2 aromatic heterocycles. The molecular weight excluding hydrogens is 326 g/mol. The fourth-order valence-electron chi connectivity index (χ4n) is 2.60. The second kappa shape index (κ2) is 7.23. The van der Waals surface area contributed by atoms with E-state index in [1.54, 1.807) is 13.3 Å². The fraction of sp³-hybridized carbons (Fsp3) is 0.500. The average Bonchev–Trinajstić information content (AvgIpc) is 3.18. The Kier molecular flexibility index (Phi) is 5.06. The van der Waals surface area contributed by atoms with Gasteiger partial charge in [-0.1, -0.05) is 0 Å². The zero-order valence-electron chi connectivity index (χ0n) is 14.1. The second-order valence-corrected chi connectivity index (χ2v) is 6.98. The van der Waals surface area contributed by atoms with Gasteiger partial charge in [-0.25, -0.2) is 15.0 Å². The van der Waals surface area contributed by atoms with Gasteiger partial charge in [0.1, 0.15) is 0 Å². The molecule has 0 unspecified atom stereocenters. The van der Waals surface area contributed by atoms with Crippen LogP contribution in [-0.2, 0) is 11.3 Å². The van der Waals surface area contributed by atoms with E-state index in [1.807, 2.05) is 13.8 Å². The van der Waals surface area contributed by atoms with Crippen LogP contribution in [0.3, 0.4) is 0 Å². The maximum Gasteiger partial charge on any atom is 0.260 e. The molecule has 0 radical (unpaired) electrons. The van der Waals surface area contributed by atoms with Crippen molar-refractivity contribution in [2.24, 2.45) is 0 Å². The summed E-state index contributed by atoms with van der Waals surface area (Å²) < 4.78 is 5.21. The van der Waals surface area contributed by atoms with Crippen molar-refractivity contribution in [3.05, 3.63) is 28.0 Å². The van der Waals surface area contributed by atoms with Gasteiger partial charge in [0.15, 0.2) is 5.13 Å². The third kappa shape index (κ3) is 3.54. The summed E-state index contributed by atoms with van der Waals surface area (Å²) in [5.74, 6) is 0.404. The van der Waals surface area contributed by atoms with E-state index in [-0.39, 0.29) is 12.5 Å². The Morgan fingerprint density at radius 3 is 2.71 bits per heavy atom. The van der Waals surface area contributed by atoms with E-state index in [9.17, 15) is 4.79 Å². The number of nitrogens with zero attached hydrogens (tertiary/aromatic N) is 4. The SMILES string of the molecule is COCc1nc(N2CCCC2)ncc1C(=O)Nc1nc(C)c(C)s1. The lowest BCUT2D eigenvalue weighted by atomic mass is 10.2. The first-order valence-corrected chi connectivity index (χ1v) is 8.75. The van der Waals surface area contributed by atoms with Gasteiger partial charge in [-0.2, -0.15) is 0 Å². The number of nitrogens with one attached hydrogen (secondary N) is 1. The number of methoxy groups -OCH3 is 1. The Hall–Kier alpha value is -2.06. The van der Waals surface area contributed by atoms with Gasteiger partial charge in [-0.3, -0.25) is 10.1 Å². The summed E-state index contributed by atoms with van der Waals surface area (Å²) in [6, 6.07) is 0. The third-order valence-corrected chi connectivity index (χ3v) is 5.01. The van der Waals surface area contributed by atoms with Gasteiger partial charge >= 0.3 is 0 Å². The number of anilines is 2. The van der Waals surface area contributed by atoms with Crippen LogP contribution >= 0.6 is 11.3 Å². The molecule has 24 heavy (non-hydrogen) atoms. The number of carbonyl (C=O) groups excluding carboxylic acids is 1. The third-order valence-electron chi connectivity index (χ3n) is 4.02. The van der Waals surface area contributed by atoms with Gasteiger partial charge < -0.3 is 9.64 Å². The molecule has 1 N–H and O–H groups in total. The van der Waals surface area contributed by atoms with Crippen LogP contribution in [0.25, 0.3) is 0 Å². The molecule has 1 amide bonds. The van der Waals surface area contributed by atoms with Crippen LogP contribution in [0, 0.1) is 13.8 Å². The molecule has 0 saturated carbocycles. The normalized spacial score (nSPS) is 14.2. The van der Waals surface area contributed by atoms with Gasteiger partial charge in [0, 0.05) is 31.3 Å². The summed E-state index contributed by atoms with van der Waals surface area (Å²) in [7, 11) is 1.59. The number of aryl methyl sites for hydroxylation is 2. The number of ether oxygens (including phenoxy) is 1. The number of thiazole rings is 1. The van der Waals surface area contributed by atoms with Crippen LogP contribution in [0.4, 0.5) is 11.1 Å². The van der Waals surface area contributed by atoms with Gasteiger partial charge in [0.05, 0.1) is 23.6 Å². The van der Waals surface area contributed by atoms with Crippen LogP contribution in [0.5, 0.6) is 0 Å². The van der Waals surface area contributed by atoms with Crippen molar-refractivity contribution >= 4 is 28.3 Å². The van der Waals surface area contributed by atoms with Gasteiger partial charge in [0.2, 0.25) is 5.95 Å². The number of aromatic nitrogens is 3. The van der Waals surface area contributed by atoms with E-state index in [1.165, 1.54) is 11.3 Å². The first-order chi connectivity index (χ1) is 11.6. The highest BCUT2D eigenvalue weighted by atomic mass is 32.1. The molecule has 8 heteroatoms. The maximum absolute atomic E-state index is 12.6. The highest BCUT2D eigenvalue weighted by Crippen LogP contribution is 2.23. The van der Waals surface area contributed by atoms with Gasteiger partial charge in [-0.05, 0) is 26.7 Å². The number of hydrogen-bond acceptors (Lipinski definition) is 7. The van der Waals surface area contributed by atoms with Crippen molar-refractivity contribution in [1.29, 1.82) is 0 Å². The Balaban J connectivity index is 1.83. The minimum Gasteiger partial charge on any atom is -0.378 e. The first kappa shape index (κ1) is 16.8. The van der Waals surface area contributed by atoms with Crippen molar-refractivity contribution in [3.63, 3.8) is 0 Å². The monoisotopic (exact) mass is 347 g/mol. The molecule has 0 bridgehead atoms. The molecule has 0 spiro atoms. The lowest BCUT2D eigenvalue weighted by Gasteiger charge is -2.16. The maximum atomic E-state index is 12.6. The smallest absolute Gasteiger partial charge is 0.260 e. The molecule has 0 aromatic carbocycles. The van der Waals surface area contributed by atoms with E-state index in [2.05, 4.69) is 25.2 Å². The number of hydrogen-bond donors (Lipinski definition) is 1. The van der Waals surface area contributed by atoms with Crippen molar-refractivity contribution in [3.8, 4) is 0 Å². The second-order valence-electron chi connectivity index (χ2n) is 5.77. The summed E-state index contributed by atoms with van der Waals surface area (Å²) in [6.45, 7) is 6.08. The van der Waals surface area contributed by atoms with Crippen LogP contribution in [-0.4, -0.2) is 41.1 Å². The molecule has 1 saturated heterocycles. The topological polar surface area (TPSA) is 80.2 Å². The quantitative estimate of drug-likeness (QED) is 0.895. The van der Waals surface area contributed by atoms with E-state index in [4.69, 9.17) is 4.74 Å². The Morgan fingerprint density at radius 2 is 2.08 bits per heavy atom. The molecule has 0 atom stereocenters. The van der Waals surface area contributed by atoms with Crippen LogP contribution in [0.1, 0.15) is 39.5 Å². The summed E-state index contributed by atoms with van der Waals surface area (Å²) in [6.07, 6.45) is 3.87. The van der Waals surface area contributed by atoms with Crippen molar-refractivity contribution in [1.82, 2.24) is 15.0 Å². The molecule has 7 nitrogen and oxygen atoms in total. The van der Waals surface area contributed by atoms with Crippen LogP contribution in [0.2, 0.25) is 0 Å². The number of amides is 1. The fourth-order valence-corrected chi connectivity index (χ4v) is 3.41. The summed E-state index contributed by atoms with van der Waals surface area (Å²) in [5, 5.41) is 3.41. The minimum atomic E-state index is -0.260. The summed E-state index contributed by atoms with van der Waals surface area (Å²) >= 11 is 1.46. The van der Waals surface area contributed by atoms with Crippen molar-refractivity contribution in [2.75, 3.05) is 30.4 Å². The summed E-state index contributed by atoms with van der Waals surface area (Å²) in [4.78, 5) is 29.0. The molecule has 1 aliphatic heterocycles. The molecular formula is C16H21N5O2S. The Bertz CT molecular complexity index is 721. The zero-order chi connectivity index (χ0) is 17.1. The van der Waals surface area contributed by atoms with E-state index >= 15 is 0 Å². The predicted molar refractivity (Wildman–Crippen MR) is 93.7 cm³/mol. The van der Waals surface area contributed by atoms with E-state index in [0.29, 0.717) is 22.3 Å². The molecule has 2 aromatic rings. The Labute approximate surface area is 145 Å². The molecule has 0 aliphatic carbocycles. The van der Waals surface area contributed by atoms with Crippen molar-refractivity contribution < 1.29 is 9.53 Å². The lowest BCUT2D eigenvalue weighted by molar-refractivity contribution is 0.102. The first-order valence-electron chi connectivity index (χ1n) is 7.93. The Morgan fingerprint density at radius 1 is 1.33 bits per heavy atom. The molecule has 1 aliphatic rings. The van der Waals surface area contributed by atoms with Gasteiger partial charge in [-0.15, -0.1) is 11.3 Å². The molecule has 3 rings (SSSR count). The number of rotatable bonds is 5. The van der Waals surface area contributed by atoms with Gasteiger partial charge in [0.25, 0.3) is 5.91 Å². The van der Waals surface area contributed by atoms with Crippen molar-refractivity contribution in [2.45, 2.75) is 33.3 Å².